The van der Waals surface area contributed by atoms with Crippen molar-refractivity contribution in [2.24, 2.45) is 23.1 Å². The fourth-order valence-corrected chi connectivity index (χ4v) is 10.4. The molecule has 0 aromatic heterocycles. The number of guanidine groups is 2. The molecule has 1 fully saturated rings. The number of methoxy groups -OCH3 is 1. The number of ether oxygens (including phenoxy) is 2. The van der Waals surface area contributed by atoms with Crippen LogP contribution in [-0.4, -0.2) is 182 Å². The van der Waals surface area contributed by atoms with Gasteiger partial charge in [0, 0.05) is 52.6 Å². The number of hydrogen-bond donors (Lipinski definition) is 15. The van der Waals surface area contributed by atoms with Crippen LogP contribution in [0.25, 0.3) is 10.8 Å². The van der Waals surface area contributed by atoms with Crippen LogP contribution in [0, 0.1) is 16.7 Å². The molecule has 1 heterocycles. The number of fused-ring (bicyclic) bond motifs is 1. The Morgan fingerprint density at radius 2 is 1.22 bits per heavy atom. The van der Waals surface area contributed by atoms with Crippen LogP contribution in [0.5, 0.6) is 0 Å². The van der Waals surface area contributed by atoms with Crippen LogP contribution in [0.1, 0.15) is 124 Å². The lowest BCUT2D eigenvalue weighted by Gasteiger charge is -2.31. The van der Waals surface area contributed by atoms with Gasteiger partial charge >= 0.3 is 0 Å². The van der Waals surface area contributed by atoms with E-state index in [1.54, 1.807) is 37.4 Å². The molecule has 1 saturated heterocycles. The molecule has 28 nitrogen and oxygen atoms in total. The molecule has 0 spiro atoms. The van der Waals surface area contributed by atoms with Crippen molar-refractivity contribution in [2.45, 2.75) is 185 Å². The van der Waals surface area contributed by atoms with Crippen LogP contribution in [0.4, 0.5) is 0 Å². The molecular formula is C65H100N16O12. The average Bonchev–Trinajstić information content (AvgIpc) is 1.88. The van der Waals surface area contributed by atoms with Gasteiger partial charge in [0.2, 0.25) is 53.2 Å². The van der Waals surface area contributed by atoms with Crippen LogP contribution in [0.3, 0.4) is 0 Å². The number of amides is 9. The summed E-state index contributed by atoms with van der Waals surface area (Å²) in [6.07, 6.45) is 1.36. The Bertz CT molecular complexity index is 3020. The fraction of sp³-hybridized carbons (Fsp3) is 0.569. The van der Waals surface area contributed by atoms with Gasteiger partial charge in [-0.25, -0.2) is 0 Å². The molecule has 3 aromatic carbocycles. The number of carbonyl (C=O) groups excluding carboxylic acids is 10. The highest BCUT2D eigenvalue weighted by atomic mass is 16.5. The zero-order chi connectivity index (χ0) is 68.8. The SMILES string of the molecule is COC(C)(C)COC(C)(C)CCNCCC(=O)N[C@@H](C)C(=O)N[C@@H](Cc1cccc2ccccc12)C(=O)N[C@@H](CC(C)C)C(=O)N[C@@H](Cc1ccccc1)C(=O)N[C@@H](CCCNC(=N)N)C(=O)N1CCC[C@H]1C(=O)N[C@@H](CCCNC(=N)N)C(=O)N[C@H](C=O)CC(N)=O. The largest absolute Gasteiger partial charge is 0.376 e. The maximum absolute atomic E-state index is 14.9. The molecule has 0 aliphatic carbocycles. The van der Waals surface area contributed by atoms with E-state index in [1.807, 2.05) is 84.0 Å². The van der Waals surface area contributed by atoms with E-state index < -0.39 is 119 Å². The zero-order valence-corrected chi connectivity index (χ0v) is 55.0. The van der Waals surface area contributed by atoms with Gasteiger partial charge in [-0.3, -0.25) is 54.0 Å². The molecule has 18 N–H and O–H groups in total. The van der Waals surface area contributed by atoms with Crippen LogP contribution >= 0.6 is 0 Å². The Morgan fingerprint density at radius 3 is 1.84 bits per heavy atom. The molecule has 512 valence electrons. The van der Waals surface area contributed by atoms with E-state index in [9.17, 15) is 47.9 Å². The monoisotopic (exact) mass is 1300 g/mol. The Morgan fingerprint density at radius 1 is 0.645 bits per heavy atom. The molecular weight excluding hydrogens is 1200 g/mol. The Labute approximate surface area is 545 Å². The van der Waals surface area contributed by atoms with E-state index in [4.69, 9.17) is 37.5 Å². The van der Waals surface area contributed by atoms with E-state index in [1.165, 1.54) is 11.8 Å². The molecule has 28 heteroatoms. The van der Waals surface area contributed by atoms with Crippen molar-refractivity contribution >= 4 is 82.1 Å². The lowest BCUT2D eigenvalue weighted by Crippen LogP contribution is -2.60. The molecule has 4 rings (SSSR count). The van der Waals surface area contributed by atoms with Crippen molar-refractivity contribution in [2.75, 3.05) is 46.4 Å². The first-order chi connectivity index (χ1) is 44.0. The summed E-state index contributed by atoms with van der Waals surface area (Å²) >= 11 is 0. The molecule has 1 aliphatic rings. The molecule has 8 atom stereocenters. The smallest absolute Gasteiger partial charge is 0.245 e. The number of benzene rings is 3. The predicted molar refractivity (Wildman–Crippen MR) is 353 cm³/mol. The Hall–Kier alpha value is -8.76. The predicted octanol–water partition coefficient (Wildman–Crippen LogP) is 0.266. The third-order valence-corrected chi connectivity index (χ3v) is 15.7. The van der Waals surface area contributed by atoms with E-state index in [0.717, 1.165) is 10.8 Å². The van der Waals surface area contributed by atoms with Crippen LogP contribution in [-0.2, 0) is 70.3 Å². The fourth-order valence-electron chi connectivity index (χ4n) is 10.4. The van der Waals surface area contributed by atoms with Gasteiger partial charge < -0.3 is 89.5 Å². The van der Waals surface area contributed by atoms with Crippen LogP contribution in [0.15, 0.2) is 72.8 Å². The molecule has 93 heavy (non-hydrogen) atoms. The Balaban J connectivity index is 1.59. The maximum Gasteiger partial charge on any atom is 0.245 e. The number of carbonyl (C=O) groups is 10. The molecule has 0 saturated carbocycles. The number of likely N-dealkylation sites (tertiary alicyclic amines) is 1. The molecule has 0 radical (unpaired) electrons. The van der Waals surface area contributed by atoms with E-state index in [2.05, 4.69) is 53.2 Å². The van der Waals surface area contributed by atoms with Gasteiger partial charge in [0.1, 0.15) is 48.6 Å². The number of primary amides is 1. The topological polar surface area (TPSA) is 438 Å². The summed E-state index contributed by atoms with van der Waals surface area (Å²) in [6.45, 7) is 14.6. The van der Waals surface area contributed by atoms with Crippen LogP contribution < -0.4 is 70.4 Å². The van der Waals surface area contributed by atoms with Crippen molar-refractivity contribution in [3.63, 3.8) is 0 Å². The second-order valence-electron chi connectivity index (χ2n) is 25.1. The number of aldehydes is 1. The highest BCUT2D eigenvalue weighted by Gasteiger charge is 2.40. The van der Waals surface area contributed by atoms with Crippen molar-refractivity contribution in [3.8, 4) is 0 Å². The standard InChI is InChI=1S/C65H100N16O12/c1-40(2)34-49(79-59(89)51(36-44-22-14-21-43-20-12-13-23-46(43)44)78-55(85)41(3)74-54(84)27-31-71-32-28-64(4,5)93-39-65(6,7)92-8)57(87)80-50(35-42-18-10-9-11-19-42)58(88)77-48(25-16-30-73-63(69)70)61(91)81-33-17-26-52(81)60(90)76-47(24-15-29-72-62(67)68)56(86)75-45(38-82)37-53(66)83/h9-14,18-23,38,40-41,45,47-52,71H,15-17,24-37,39H2,1-8H3,(H2,66,83)(H,74,84)(H,75,86)(H,76,90)(H,77,88)(H,78,85)(H,79,89)(H,80,87)(H4,67,68,72)(H4,69,70,73)/t41-,45-,47-,48-,49-,50-,51-,52-/m0/s1. The first-order valence-electron chi connectivity index (χ1n) is 31.7. The van der Waals surface area contributed by atoms with Crippen LogP contribution in [0.2, 0.25) is 0 Å². The van der Waals surface area contributed by atoms with Gasteiger partial charge in [0.25, 0.3) is 0 Å². The number of hydrogen-bond acceptors (Lipinski definition) is 15. The molecule has 0 unspecified atom stereocenters. The zero-order valence-electron chi connectivity index (χ0n) is 55.0. The second kappa shape index (κ2) is 38.3. The van der Waals surface area contributed by atoms with Crippen molar-refractivity contribution < 1.29 is 57.4 Å². The Kier molecular flexibility index (Phi) is 31.6. The first kappa shape index (κ1) is 76.7. The van der Waals surface area contributed by atoms with Gasteiger partial charge in [0.05, 0.1) is 30.3 Å². The molecule has 9 amide bonds. The van der Waals surface area contributed by atoms with Crippen molar-refractivity contribution in [1.82, 2.24) is 58.1 Å². The minimum Gasteiger partial charge on any atom is -0.376 e. The van der Waals surface area contributed by atoms with E-state index in [0.29, 0.717) is 50.0 Å². The summed E-state index contributed by atoms with van der Waals surface area (Å²) in [6, 6.07) is 11.8. The van der Waals surface area contributed by atoms with Gasteiger partial charge in [-0.05, 0) is 120 Å². The maximum atomic E-state index is 14.9. The summed E-state index contributed by atoms with van der Waals surface area (Å²) in [5.74, 6) is -7.25. The van der Waals surface area contributed by atoms with Crippen molar-refractivity contribution in [1.29, 1.82) is 10.8 Å². The third kappa shape index (κ3) is 27.5. The van der Waals surface area contributed by atoms with Gasteiger partial charge in [-0.1, -0.05) is 86.6 Å². The first-order valence-corrected chi connectivity index (χ1v) is 31.7. The minimum absolute atomic E-state index is 0.0193. The summed E-state index contributed by atoms with van der Waals surface area (Å²) in [7, 11) is 1.63. The number of nitrogens with zero attached hydrogens (tertiary/aromatic N) is 1. The van der Waals surface area contributed by atoms with Gasteiger partial charge in [-0.2, -0.15) is 0 Å². The summed E-state index contributed by atoms with van der Waals surface area (Å²) < 4.78 is 11.5. The third-order valence-electron chi connectivity index (χ3n) is 15.7. The normalized spacial score (nSPS) is 15.4. The molecule has 1 aliphatic heterocycles. The average molecular weight is 1300 g/mol. The van der Waals surface area contributed by atoms with Gasteiger partial charge in [-0.15, -0.1) is 0 Å². The second-order valence-corrected chi connectivity index (χ2v) is 25.1. The molecule has 0 bridgehead atoms. The summed E-state index contributed by atoms with van der Waals surface area (Å²) in [5, 5.41) is 44.7. The van der Waals surface area contributed by atoms with Crippen molar-refractivity contribution in [3.05, 3.63) is 83.9 Å². The number of nitrogens with two attached hydrogens (primary N) is 3. The quantitative estimate of drug-likeness (QED) is 0.0157. The van der Waals surface area contributed by atoms with E-state index >= 15 is 0 Å². The minimum atomic E-state index is -1.37. The summed E-state index contributed by atoms with van der Waals surface area (Å²) in [5.41, 5.74) is 16.7. The lowest BCUT2D eigenvalue weighted by molar-refractivity contribution is -0.142. The number of rotatable bonds is 41. The highest BCUT2D eigenvalue weighted by Crippen LogP contribution is 2.23. The van der Waals surface area contributed by atoms with E-state index in [-0.39, 0.29) is 95.3 Å². The van der Waals surface area contributed by atoms with Gasteiger partial charge in [0.15, 0.2) is 11.9 Å². The lowest BCUT2D eigenvalue weighted by atomic mass is 9.97. The molecule has 3 aromatic rings. The highest BCUT2D eigenvalue weighted by molar-refractivity contribution is 5.99. The number of nitrogens with one attached hydrogen (secondary N) is 12. The summed E-state index contributed by atoms with van der Waals surface area (Å²) in [4.78, 5) is 139.